The van der Waals surface area contributed by atoms with Crippen LogP contribution in [-0.2, 0) is 0 Å². The van der Waals surface area contributed by atoms with E-state index in [0.717, 1.165) is 42.7 Å². The first-order valence-corrected chi connectivity index (χ1v) is 12.0. The van der Waals surface area contributed by atoms with Crippen LogP contribution >= 0.6 is 22.9 Å². The number of imidazole rings is 1. The molecule has 2 amide bonds. The zero-order valence-corrected chi connectivity index (χ0v) is 19.3. The number of hydrogen-bond donors (Lipinski definition) is 2. The molecule has 168 valence electrons. The van der Waals surface area contributed by atoms with Gasteiger partial charge in [0.2, 0.25) is 5.91 Å². The first-order chi connectivity index (χ1) is 16.0. The Kier molecular flexibility index (Phi) is 5.86. The molecule has 0 bridgehead atoms. The average Bonchev–Trinajstić information content (AvgIpc) is 3.43. The molecule has 9 heteroatoms. The number of amides is 2. The van der Waals surface area contributed by atoms with Gasteiger partial charge in [0.05, 0.1) is 20.2 Å². The zero-order chi connectivity index (χ0) is 22.9. The second kappa shape index (κ2) is 8.96. The Morgan fingerprint density at radius 1 is 1.15 bits per heavy atom. The van der Waals surface area contributed by atoms with Crippen LogP contribution in [0, 0.1) is 0 Å². The number of primary amides is 1. The number of carbonyl (C=O) groups excluding carboxylic acids is 2. The summed E-state index contributed by atoms with van der Waals surface area (Å²) in [5.41, 5.74) is 8.28. The van der Waals surface area contributed by atoms with E-state index in [1.165, 1.54) is 11.3 Å². The van der Waals surface area contributed by atoms with E-state index in [2.05, 4.69) is 14.9 Å². The van der Waals surface area contributed by atoms with Gasteiger partial charge in [-0.1, -0.05) is 17.7 Å². The number of hydrogen-bond acceptors (Lipinski definition) is 5. The van der Waals surface area contributed by atoms with Crippen molar-refractivity contribution >= 4 is 45.8 Å². The summed E-state index contributed by atoms with van der Waals surface area (Å²) in [6.07, 6.45) is 5.36. The number of pyridine rings is 1. The number of rotatable bonds is 5. The van der Waals surface area contributed by atoms with Crippen molar-refractivity contribution in [1.29, 1.82) is 0 Å². The topological polar surface area (TPSA) is 103 Å². The maximum atomic E-state index is 12.7. The molecule has 1 fully saturated rings. The standard InChI is InChI=1S/C24H22ClN5O2S/c25-21-10-9-20(33-21)24(32)28-15-4-3-5-16(13-15)30-19-8-7-14(22(26)31)12-18(19)29-23(30)17-6-1-2-11-27-17/h1-2,6-12,15-16H,3-5,13H2,(H2,26,31)(H,28,32)/t15-,16+/m0/s1. The summed E-state index contributed by atoms with van der Waals surface area (Å²) in [6, 6.07) is 14.7. The van der Waals surface area contributed by atoms with E-state index in [4.69, 9.17) is 22.3 Å². The van der Waals surface area contributed by atoms with Gasteiger partial charge in [0.25, 0.3) is 5.91 Å². The van der Waals surface area contributed by atoms with Crippen molar-refractivity contribution in [1.82, 2.24) is 19.9 Å². The molecule has 7 nitrogen and oxygen atoms in total. The predicted molar refractivity (Wildman–Crippen MR) is 130 cm³/mol. The molecule has 0 spiro atoms. The lowest BCUT2D eigenvalue weighted by Gasteiger charge is -2.31. The Morgan fingerprint density at radius 2 is 2.03 bits per heavy atom. The van der Waals surface area contributed by atoms with Crippen LogP contribution in [0.2, 0.25) is 4.34 Å². The molecule has 0 saturated heterocycles. The number of nitrogens with one attached hydrogen (secondary N) is 1. The van der Waals surface area contributed by atoms with Gasteiger partial charge < -0.3 is 15.6 Å². The molecule has 3 heterocycles. The van der Waals surface area contributed by atoms with E-state index in [-0.39, 0.29) is 18.0 Å². The van der Waals surface area contributed by atoms with E-state index in [1.807, 2.05) is 24.3 Å². The third-order valence-corrected chi connectivity index (χ3v) is 7.24. The van der Waals surface area contributed by atoms with Gasteiger partial charge in [0.15, 0.2) is 5.82 Å². The SMILES string of the molecule is NC(=O)c1ccc2c(c1)nc(-c1ccccn1)n2[C@@H]1CCC[C@H](NC(=O)c2ccc(Cl)s2)C1. The lowest BCUT2D eigenvalue weighted by molar-refractivity contribution is 0.0924. The number of carbonyl (C=O) groups is 2. The highest BCUT2D eigenvalue weighted by molar-refractivity contribution is 7.18. The molecule has 0 aliphatic heterocycles. The molecule has 1 aliphatic carbocycles. The van der Waals surface area contributed by atoms with Crippen LogP contribution in [-0.4, -0.2) is 32.4 Å². The quantitative estimate of drug-likeness (QED) is 0.428. The minimum Gasteiger partial charge on any atom is -0.366 e. The van der Waals surface area contributed by atoms with Crippen LogP contribution in [0.4, 0.5) is 0 Å². The Bertz CT molecular complexity index is 1330. The van der Waals surface area contributed by atoms with Crippen molar-refractivity contribution in [2.24, 2.45) is 5.73 Å². The molecule has 5 rings (SSSR count). The Morgan fingerprint density at radius 3 is 2.76 bits per heavy atom. The highest BCUT2D eigenvalue weighted by atomic mass is 35.5. The number of benzene rings is 1. The average molecular weight is 480 g/mol. The first-order valence-electron chi connectivity index (χ1n) is 10.8. The van der Waals surface area contributed by atoms with Crippen LogP contribution in [0.3, 0.4) is 0 Å². The molecule has 4 aromatic rings. The lowest BCUT2D eigenvalue weighted by atomic mass is 9.90. The van der Waals surface area contributed by atoms with Gasteiger partial charge in [-0.25, -0.2) is 4.98 Å². The van der Waals surface area contributed by atoms with Gasteiger partial charge in [-0.3, -0.25) is 14.6 Å². The zero-order valence-electron chi connectivity index (χ0n) is 17.7. The number of nitrogens with zero attached hydrogens (tertiary/aromatic N) is 3. The van der Waals surface area contributed by atoms with Crippen molar-refractivity contribution < 1.29 is 9.59 Å². The third kappa shape index (κ3) is 4.36. The predicted octanol–water partition coefficient (Wildman–Crippen LogP) is 4.83. The smallest absolute Gasteiger partial charge is 0.261 e. The summed E-state index contributed by atoms with van der Waals surface area (Å²) >= 11 is 7.27. The summed E-state index contributed by atoms with van der Waals surface area (Å²) in [5, 5.41) is 3.17. The molecule has 1 aliphatic rings. The second-order valence-electron chi connectivity index (χ2n) is 8.18. The minimum atomic E-state index is -0.486. The summed E-state index contributed by atoms with van der Waals surface area (Å²) in [4.78, 5) is 34.3. The molecular formula is C24H22ClN5O2S. The molecule has 3 aromatic heterocycles. The van der Waals surface area contributed by atoms with Gasteiger partial charge in [0.1, 0.15) is 5.69 Å². The molecule has 33 heavy (non-hydrogen) atoms. The number of halogens is 1. The van der Waals surface area contributed by atoms with Gasteiger partial charge >= 0.3 is 0 Å². The van der Waals surface area contributed by atoms with Crippen LogP contribution in [0.25, 0.3) is 22.6 Å². The monoisotopic (exact) mass is 479 g/mol. The minimum absolute atomic E-state index is 0.0380. The third-order valence-electron chi connectivity index (χ3n) is 6.01. The molecule has 0 unspecified atom stereocenters. The maximum Gasteiger partial charge on any atom is 0.261 e. The van der Waals surface area contributed by atoms with Crippen molar-refractivity contribution in [2.75, 3.05) is 0 Å². The van der Waals surface area contributed by atoms with Crippen LogP contribution in [0.15, 0.2) is 54.7 Å². The van der Waals surface area contributed by atoms with E-state index >= 15 is 0 Å². The van der Waals surface area contributed by atoms with Crippen molar-refractivity contribution in [2.45, 2.75) is 37.8 Å². The van der Waals surface area contributed by atoms with Gasteiger partial charge in [0, 0.05) is 23.8 Å². The van der Waals surface area contributed by atoms with E-state index in [1.54, 1.807) is 30.5 Å². The van der Waals surface area contributed by atoms with Crippen molar-refractivity contribution in [3.8, 4) is 11.5 Å². The summed E-state index contributed by atoms with van der Waals surface area (Å²) in [6.45, 7) is 0. The molecule has 1 aromatic carbocycles. The second-order valence-corrected chi connectivity index (χ2v) is 9.90. The molecule has 0 radical (unpaired) electrons. The van der Waals surface area contributed by atoms with Gasteiger partial charge in [-0.15, -0.1) is 11.3 Å². The normalized spacial score (nSPS) is 18.3. The Hall–Kier alpha value is -3.23. The van der Waals surface area contributed by atoms with Crippen LogP contribution < -0.4 is 11.1 Å². The first kappa shape index (κ1) is 21.6. The molecular weight excluding hydrogens is 458 g/mol. The number of fused-ring (bicyclic) bond motifs is 1. The largest absolute Gasteiger partial charge is 0.366 e. The summed E-state index contributed by atoms with van der Waals surface area (Å²) in [7, 11) is 0. The lowest BCUT2D eigenvalue weighted by Crippen LogP contribution is -2.38. The van der Waals surface area contributed by atoms with Crippen molar-refractivity contribution in [3.63, 3.8) is 0 Å². The highest BCUT2D eigenvalue weighted by Crippen LogP contribution is 2.36. The fourth-order valence-electron chi connectivity index (χ4n) is 4.52. The summed E-state index contributed by atoms with van der Waals surface area (Å²) < 4.78 is 2.80. The Balaban J connectivity index is 1.49. The fraction of sp³-hybridized carbons (Fsp3) is 0.250. The van der Waals surface area contributed by atoms with Crippen LogP contribution in [0.5, 0.6) is 0 Å². The number of nitrogens with two attached hydrogens (primary N) is 1. The van der Waals surface area contributed by atoms with Gasteiger partial charge in [-0.2, -0.15) is 0 Å². The van der Waals surface area contributed by atoms with Crippen LogP contribution in [0.1, 0.15) is 51.8 Å². The summed E-state index contributed by atoms with van der Waals surface area (Å²) in [5.74, 6) is 0.165. The molecule has 2 atom stereocenters. The van der Waals surface area contributed by atoms with Gasteiger partial charge in [-0.05, 0) is 68.1 Å². The molecule has 3 N–H and O–H groups in total. The van der Waals surface area contributed by atoms with Crippen molar-refractivity contribution in [3.05, 3.63) is 69.5 Å². The molecule has 1 saturated carbocycles. The Labute approximate surface area is 199 Å². The number of thiophene rings is 1. The van der Waals surface area contributed by atoms with E-state index in [9.17, 15) is 9.59 Å². The number of aromatic nitrogens is 3. The fourth-order valence-corrected chi connectivity index (χ4v) is 5.47. The van der Waals surface area contributed by atoms with E-state index in [0.29, 0.717) is 20.3 Å². The highest BCUT2D eigenvalue weighted by Gasteiger charge is 2.29. The maximum absolute atomic E-state index is 12.7. The van der Waals surface area contributed by atoms with E-state index < -0.39 is 5.91 Å².